The molecule has 1 aromatic carbocycles. The molecular weight excluding hydrogens is 391 g/mol. The van der Waals surface area contributed by atoms with E-state index in [9.17, 15) is 0 Å². The third kappa shape index (κ3) is 3.78. The lowest BCUT2D eigenvalue weighted by Crippen LogP contribution is -2.06. The van der Waals surface area contributed by atoms with Crippen LogP contribution in [0.4, 0.5) is 0 Å². The zero-order valence-corrected chi connectivity index (χ0v) is 17.7. The molecular formula is C18H17NS5. The first-order chi connectivity index (χ1) is 11.5. The summed E-state index contributed by atoms with van der Waals surface area (Å²) in [5.74, 6) is 0. The lowest BCUT2D eigenvalue weighted by Gasteiger charge is -2.17. The molecule has 2 aromatic rings. The van der Waals surface area contributed by atoms with E-state index < -0.39 is 0 Å². The summed E-state index contributed by atoms with van der Waals surface area (Å²) in [5, 5.41) is 4.32. The molecule has 4 rings (SSSR count). The number of hydrogen-bond acceptors (Lipinski definition) is 5. The van der Waals surface area contributed by atoms with E-state index in [4.69, 9.17) is 0 Å². The van der Waals surface area contributed by atoms with Crippen molar-refractivity contribution >= 4 is 58.8 Å². The van der Waals surface area contributed by atoms with Crippen LogP contribution < -0.4 is 0 Å². The second-order valence-electron chi connectivity index (χ2n) is 6.39. The third-order valence-electron chi connectivity index (χ3n) is 3.29. The number of rotatable bonds is 2. The number of nitrogens with zero attached hydrogens (tertiary/aromatic N) is 1. The highest BCUT2D eigenvalue weighted by Gasteiger charge is 2.24. The van der Waals surface area contributed by atoms with Crippen LogP contribution in [-0.4, -0.2) is 9.31 Å². The van der Waals surface area contributed by atoms with Gasteiger partial charge < -0.3 is 4.57 Å². The monoisotopic (exact) mass is 407 g/mol. The summed E-state index contributed by atoms with van der Waals surface area (Å²) in [6.45, 7) is 6.75. The largest absolute Gasteiger partial charge is 0.322 e. The molecule has 2 aliphatic rings. The number of aromatic nitrogens is 1. The van der Waals surface area contributed by atoms with Crippen molar-refractivity contribution in [1.82, 2.24) is 4.57 Å². The number of benzene rings is 1. The average molecular weight is 408 g/mol. The first kappa shape index (κ1) is 17.2. The Kier molecular flexibility index (Phi) is 4.86. The lowest BCUT2D eigenvalue weighted by molar-refractivity contribution is 0.803. The predicted molar refractivity (Wildman–Crippen MR) is 114 cm³/mol. The molecule has 0 atom stereocenters. The summed E-state index contributed by atoms with van der Waals surface area (Å²) in [7, 11) is 0. The van der Waals surface area contributed by atoms with E-state index in [0.717, 1.165) is 0 Å². The van der Waals surface area contributed by atoms with Crippen LogP contribution in [0.15, 0.2) is 70.6 Å². The van der Waals surface area contributed by atoms with Crippen LogP contribution in [0.1, 0.15) is 20.8 Å². The van der Waals surface area contributed by atoms with Gasteiger partial charge in [-0.05, 0) is 35.1 Å². The molecule has 0 fully saturated rings. The van der Waals surface area contributed by atoms with E-state index in [-0.39, 0.29) is 4.75 Å². The highest BCUT2D eigenvalue weighted by molar-refractivity contribution is 8.32. The van der Waals surface area contributed by atoms with Gasteiger partial charge in [-0.15, -0.1) is 11.8 Å². The Labute approximate surface area is 164 Å². The molecule has 3 heterocycles. The maximum Gasteiger partial charge on any atom is 0.0707 e. The zero-order valence-electron chi connectivity index (χ0n) is 13.6. The molecule has 24 heavy (non-hydrogen) atoms. The molecule has 0 amide bonds. The summed E-state index contributed by atoms with van der Waals surface area (Å²) in [6, 6.07) is 8.87. The quantitative estimate of drug-likeness (QED) is 0.470. The molecule has 0 aliphatic carbocycles. The van der Waals surface area contributed by atoms with Crippen molar-refractivity contribution in [2.75, 3.05) is 0 Å². The molecule has 0 bridgehead atoms. The summed E-state index contributed by atoms with van der Waals surface area (Å²) in [5.41, 5.74) is 1.23. The Hall–Kier alpha value is -0.270. The normalized spacial score (nSPS) is 17.0. The first-order valence-electron chi connectivity index (χ1n) is 7.58. The van der Waals surface area contributed by atoms with Gasteiger partial charge in [0, 0.05) is 37.5 Å². The van der Waals surface area contributed by atoms with Gasteiger partial charge >= 0.3 is 0 Å². The fourth-order valence-corrected chi connectivity index (χ4v) is 8.02. The summed E-state index contributed by atoms with van der Waals surface area (Å²) < 4.78 is 5.32. The maximum atomic E-state index is 2.25. The van der Waals surface area contributed by atoms with Crippen LogP contribution in [0, 0.1) is 0 Å². The minimum Gasteiger partial charge on any atom is -0.322 e. The smallest absolute Gasteiger partial charge is 0.0707 e. The highest BCUT2D eigenvalue weighted by Crippen LogP contribution is 2.57. The van der Waals surface area contributed by atoms with Crippen molar-refractivity contribution in [3.8, 4) is 5.69 Å². The molecule has 1 aromatic heterocycles. The Morgan fingerprint density at radius 2 is 1.42 bits per heavy atom. The van der Waals surface area contributed by atoms with Gasteiger partial charge in [-0.1, -0.05) is 67.8 Å². The van der Waals surface area contributed by atoms with E-state index in [1.54, 1.807) is 0 Å². The highest BCUT2D eigenvalue weighted by atomic mass is 32.2. The van der Waals surface area contributed by atoms with Gasteiger partial charge in [-0.2, -0.15) is 0 Å². The molecule has 0 saturated heterocycles. The van der Waals surface area contributed by atoms with Gasteiger partial charge in [0.25, 0.3) is 0 Å². The predicted octanol–water partition coefficient (Wildman–Crippen LogP) is 7.64. The Balaban J connectivity index is 1.52. The summed E-state index contributed by atoms with van der Waals surface area (Å²) in [6.07, 6.45) is 4.51. The van der Waals surface area contributed by atoms with Crippen LogP contribution in [0.25, 0.3) is 5.69 Å². The van der Waals surface area contributed by atoms with E-state index in [2.05, 4.69) is 72.8 Å². The van der Waals surface area contributed by atoms with E-state index in [1.165, 1.54) is 28.8 Å². The van der Waals surface area contributed by atoms with Crippen molar-refractivity contribution in [3.63, 3.8) is 0 Å². The maximum absolute atomic E-state index is 2.25. The first-order valence-corrected chi connectivity index (χ1v) is 11.8. The zero-order chi connectivity index (χ0) is 16.7. The van der Waals surface area contributed by atoms with Crippen molar-refractivity contribution in [1.29, 1.82) is 0 Å². The Bertz CT molecular complexity index is 789. The van der Waals surface area contributed by atoms with Crippen molar-refractivity contribution < 1.29 is 0 Å². The fourth-order valence-electron chi connectivity index (χ4n) is 2.37. The minimum absolute atomic E-state index is 0.248. The molecule has 6 heteroatoms. The van der Waals surface area contributed by atoms with E-state index in [1.807, 2.05) is 58.8 Å². The van der Waals surface area contributed by atoms with E-state index >= 15 is 0 Å². The molecule has 124 valence electrons. The van der Waals surface area contributed by atoms with Gasteiger partial charge in [0.15, 0.2) is 0 Å². The van der Waals surface area contributed by atoms with Crippen LogP contribution in [0.3, 0.4) is 0 Å². The summed E-state index contributed by atoms with van der Waals surface area (Å²) in [4.78, 5) is 4.05. The van der Waals surface area contributed by atoms with Crippen LogP contribution in [0.2, 0.25) is 0 Å². The molecule has 1 nitrogen and oxygen atoms in total. The Morgan fingerprint density at radius 1 is 0.833 bits per heavy atom. The van der Waals surface area contributed by atoms with Crippen molar-refractivity contribution in [2.24, 2.45) is 0 Å². The summed E-state index contributed by atoms with van der Waals surface area (Å²) >= 11 is 9.36. The van der Waals surface area contributed by atoms with Crippen LogP contribution in [-0.2, 0) is 0 Å². The van der Waals surface area contributed by atoms with Crippen molar-refractivity contribution in [2.45, 2.75) is 40.2 Å². The Morgan fingerprint density at radius 3 is 1.96 bits per heavy atom. The fraction of sp³-hybridized carbons (Fsp3) is 0.222. The third-order valence-corrected chi connectivity index (χ3v) is 9.56. The lowest BCUT2D eigenvalue weighted by atomic mass is 10.3. The second kappa shape index (κ2) is 6.80. The van der Waals surface area contributed by atoms with Gasteiger partial charge in [0.1, 0.15) is 0 Å². The molecule has 0 radical (unpaired) electrons. The van der Waals surface area contributed by atoms with Crippen LogP contribution in [0.5, 0.6) is 0 Å². The van der Waals surface area contributed by atoms with Gasteiger partial charge in [-0.3, -0.25) is 0 Å². The molecule has 0 spiro atoms. The second-order valence-corrected chi connectivity index (χ2v) is 12.7. The molecule has 2 aliphatic heterocycles. The molecule has 0 saturated carbocycles. The number of thioether (sulfide) groups is 5. The molecule has 0 unspecified atom stereocenters. The SMILES string of the molecule is CC(C)(C)Sc1ccc(-n2cc3c(c2)SC(=C2SC=CS2)S3)cc1. The van der Waals surface area contributed by atoms with Gasteiger partial charge in [0.05, 0.1) is 8.47 Å². The average Bonchev–Trinajstić information content (AvgIpc) is 3.21. The number of hydrogen-bond donors (Lipinski definition) is 0. The van der Waals surface area contributed by atoms with Crippen molar-refractivity contribution in [3.05, 3.63) is 55.9 Å². The standard InChI is InChI=1S/C18H17NS5/c1-18(2,3)24-13-6-4-12(5-7-13)19-10-14-15(11-19)23-17(22-14)16-20-8-9-21-16/h4-11H,1-3H3. The van der Waals surface area contributed by atoms with Crippen LogP contribution >= 0.6 is 58.8 Å². The van der Waals surface area contributed by atoms with Gasteiger partial charge in [0.2, 0.25) is 0 Å². The molecule has 0 N–H and O–H groups in total. The minimum atomic E-state index is 0.248. The number of fused-ring (bicyclic) bond motifs is 1. The van der Waals surface area contributed by atoms with Gasteiger partial charge in [-0.25, -0.2) is 0 Å². The van der Waals surface area contributed by atoms with E-state index in [0.29, 0.717) is 0 Å². The topological polar surface area (TPSA) is 4.93 Å².